The highest BCUT2D eigenvalue weighted by atomic mass is 35.5. The largest absolute Gasteiger partial charge is 0.351 e. The van der Waals surface area contributed by atoms with Gasteiger partial charge in [0.2, 0.25) is 5.82 Å². The normalized spacial score (nSPS) is 16.0. The first-order valence-corrected chi connectivity index (χ1v) is 11.9. The highest BCUT2D eigenvalue weighted by Gasteiger charge is 2.34. The summed E-state index contributed by atoms with van der Waals surface area (Å²) in [6, 6.07) is 25.7. The van der Waals surface area contributed by atoms with E-state index in [1.54, 1.807) is 0 Å². The maximum atomic E-state index is 6.04. The molecular weight excluding hydrogens is 464 g/mol. The average Bonchev–Trinajstić information content (AvgIpc) is 3.35. The summed E-state index contributed by atoms with van der Waals surface area (Å²) in [4.78, 5) is 6.78. The summed E-state index contributed by atoms with van der Waals surface area (Å²) in [5.74, 6) is 0.951. The van der Waals surface area contributed by atoms with Gasteiger partial charge < -0.3 is 9.84 Å². The summed E-state index contributed by atoms with van der Waals surface area (Å²) in [5, 5.41) is 9.03. The number of rotatable bonds is 5. The van der Waals surface area contributed by atoms with Crippen LogP contribution in [-0.2, 0) is 6.42 Å². The standard InChI is InChI=1S/C27H23ClN4OS/c1-3-18-9-15-22(16-10-18)32-17(2)23(24(29-27(32)34)19-7-5-4-6-8-19)26-30-25(31-33-26)20-11-13-21(28)14-12-20/h4-16,24H,3H2,1-2H3,(H,29,34). The molecule has 1 atom stereocenters. The zero-order chi connectivity index (χ0) is 23.7. The number of nitrogens with zero attached hydrogens (tertiary/aromatic N) is 3. The minimum absolute atomic E-state index is 0.224. The Morgan fingerprint density at radius 1 is 1.00 bits per heavy atom. The van der Waals surface area contributed by atoms with Crippen LogP contribution in [0.5, 0.6) is 0 Å². The first kappa shape index (κ1) is 22.3. The summed E-state index contributed by atoms with van der Waals surface area (Å²) in [6.45, 7) is 4.18. The second kappa shape index (κ2) is 9.41. The van der Waals surface area contributed by atoms with Crippen LogP contribution in [0.15, 0.2) is 89.1 Å². The topological polar surface area (TPSA) is 54.2 Å². The summed E-state index contributed by atoms with van der Waals surface area (Å²) in [6.07, 6.45) is 0.981. The highest BCUT2D eigenvalue weighted by molar-refractivity contribution is 7.80. The van der Waals surface area contributed by atoms with Crippen molar-refractivity contribution in [3.8, 4) is 11.4 Å². The number of allylic oxidation sites excluding steroid dienone is 1. The number of benzene rings is 3. The van der Waals surface area contributed by atoms with Crippen LogP contribution < -0.4 is 10.2 Å². The number of aromatic nitrogens is 2. The molecule has 170 valence electrons. The maximum Gasteiger partial charge on any atom is 0.258 e. The first-order chi connectivity index (χ1) is 16.5. The lowest BCUT2D eigenvalue weighted by Gasteiger charge is -2.37. The molecule has 0 amide bonds. The molecule has 0 aliphatic carbocycles. The number of aryl methyl sites for hydroxylation is 1. The molecular formula is C27H23ClN4OS. The summed E-state index contributed by atoms with van der Waals surface area (Å²) >= 11 is 11.9. The predicted octanol–water partition coefficient (Wildman–Crippen LogP) is 6.82. The molecule has 0 radical (unpaired) electrons. The Labute approximate surface area is 209 Å². The quantitative estimate of drug-likeness (QED) is 0.312. The molecule has 34 heavy (non-hydrogen) atoms. The van der Waals surface area contributed by atoms with Crippen LogP contribution in [0.1, 0.15) is 36.9 Å². The molecule has 1 aromatic heterocycles. The van der Waals surface area contributed by atoms with E-state index in [4.69, 9.17) is 33.3 Å². The van der Waals surface area contributed by atoms with Crippen molar-refractivity contribution in [1.29, 1.82) is 0 Å². The number of halogens is 1. The number of anilines is 1. The van der Waals surface area contributed by atoms with Crippen LogP contribution in [0, 0.1) is 0 Å². The van der Waals surface area contributed by atoms with Crippen LogP contribution in [-0.4, -0.2) is 15.3 Å². The Kier molecular flexibility index (Phi) is 6.18. The van der Waals surface area contributed by atoms with Crippen molar-refractivity contribution in [1.82, 2.24) is 15.5 Å². The SMILES string of the molecule is CCc1ccc(N2C(=S)NC(c3ccccc3)C(c3nc(-c4ccc(Cl)cc4)no3)=C2C)cc1. The molecule has 0 saturated carbocycles. The van der Waals surface area contributed by atoms with Crippen molar-refractivity contribution in [3.05, 3.63) is 107 Å². The minimum Gasteiger partial charge on any atom is -0.351 e. The monoisotopic (exact) mass is 486 g/mol. The van der Waals surface area contributed by atoms with Crippen LogP contribution in [0.25, 0.3) is 17.0 Å². The minimum atomic E-state index is -0.224. The van der Waals surface area contributed by atoms with E-state index in [-0.39, 0.29) is 6.04 Å². The second-order valence-corrected chi connectivity index (χ2v) is 8.90. The smallest absolute Gasteiger partial charge is 0.258 e. The van der Waals surface area contributed by atoms with Gasteiger partial charge in [-0.2, -0.15) is 4.98 Å². The van der Waals surface area contributed by atoms with Gasteiger partial charge in [-0.05, 0) is 73.1 Å². The zero-order valence-electron chi connectivity index (χ0n) is 18.8. The molecule has 1 aliphatic heterocycles. The van der Waals surface area contributed by atoms with Gasteiger partial charge >= 0.3 is 0 Å². The molecule has 7 heteroatoms. The van der Waals surface area contributed by atoms with E-state index in [0.717, 1.165) is 34.5 Å². The van der Waals surface area contributed by atoms with Gasteiger partial charge in [0.25, 0.3) is 5.89 Å². The lowest BCUT2D eigenvalue weighted by molar-refractivity contribution is 0.404. The van der Waals surface area contributed by atoms with Crippen LogP contribution in [0.4, 0.5) is 5.69 Å². The third-order valence-corrected chi connectivity index (χ3v) is 6.53. The van der Waals surface area contributed by atoms with Gasteiger partial charge in [0.05, 0.1) is 11.6 Å². The van der Waals surface area contributed by atoms with Gasteiger partial charge in [-0.3, -0.25) is 4.90 Å². The third kappa shape index (κ3) is 4.22. The Morgan fingerprint density at radius 2 is 1.71 bits per heavy atom. The Bertz CT molecular complexity index is 1350. The van der Waals surface area contributed by atoms with Crippen molar-refractivity contribution < 1.29 is 4.52 Å². The Hall–Kier alpha value is -3.48. The van der Waals surface area contributed by atoms with E-state index >= 15 is 0 Å². The van der Waals surface area contributed by atoms with Gasteiger partial charge in [0.1, 0.15) is 0 Å². The van der Waals surface area contributed by atoms with Crippen molar-refractivity contribution in [3.63, 3.8) is 0 Å². The van der Waals surface area contributed by atoms with Gasteiger partial charge in [0.15, 0.2) is 5.11 Å². The average molecular weight is 487 g/mol. The highest BCUT2D eigenvalue weighted by Crippen LogP contribution is 2.39. The zero-order valence-corrected chi connectivity index (χ0v) is 20.4. The summed E-state index contributed by atoms with van der Waals surface area (Å²) in [7, 11) is 0. The maximum absolute atomic E-state index is 6.04. The molecule has 0 fully saturated rings. The summed E-state index contributed by atoms with van der Waals surface area (Å²) in [5.41, 5.74) is 5.97. The number of hydrogen-bond donors (Lipinski definition) is 1. The van der Waals surface area contributed by atoms with E-state index in [9.17, 15) is 0 Å². The lowest BCUT2D eigenvalue weighted by atomic mass is 9.94. The fourth-order valence-corrected chi connectivity index (χ4v) is 4.64. The van der Waals surface area contributed by atoms with Gasteiger partial charge in [0, 0.05) is 22.0 Å². The number of hydrogen-bond acceptors (Lipinski definition) is 4. The third-order valence-electron chi connectivity index (χ3n) is 5.98. The number of thiocarbonyl (C=S) groups is 1. The van der Waals surface area contributed by atoms with Crippen molar-refractivity contribution in [2.75, 3.05) is 4.90 Å². The van der Waals surface area contributed by atoms with Gasteiger partial charge in [-0.15, -0.1) is 0 Å². The van der Waals surface area contributed by atoms with E-state index < -0.39 is 0 Å². The van der Waals surface area contributed by atoms with Gasteiger partial charge in [-0.1, -0.05) is 66.1 Å². The Morgan fingerprint density at radius 3 is 2.38 bits per heavy atom. The van der Waals surface area contributed by atoms with Crippen molar-refractivity contribution in [2.45, 2.75) is 26.3 Å². The molecule has 4 aromatic rings. The van der Waals surface area contributed by atoms with E-state index in [1.165, 1.54) is 5.56 Å². The van der Waals surface area contributed by atoms with Gasteiger partial charge in [-0.25, -0.2) is 0 Å². The molecule has 1 N–H and O–H groups in total. The molecule has 0 saturated heterocycles. The molecule has 5 nitrogen and oxygen atoms in total. The fraction of sp³-hybridized carbons (Fsp3) is 0.148. The lowest BCUT2D eigenvalue weighted by Crippen LogP contribution is -2.46. The molecule has 2 heterocycles. The molecule has 1 aliphatic rings. The first-order valence-electron chi connectivity index (χ1n) is 11.1. The van der Waals surface area contributed by atoms with Crippen LogP contribution in [0.2, 0.25) is 5.02 Å². The predicted molar refractivity (Wildman–Crippen MR) is 141 cm³/mol. The number of nitrogens with one attached hydrogen (secondary N) is 1. The van der Waals surface area contributed by atoms with Crippen LogP contribution >= 0.6 is 23.8 Å². The molecule has 3 aromatic carbocycles. The van der Waals surface area contributed by atoms with E-state index in [0.29, 0.717) is 21.9 Å². The molecule has 0 bridgehead atoms. The van der Waals surface area contributed by atoms with Crippen molar-refractivity contribution in [2.24, 2.45) is 0 Å². The molecule has 1 unspecified atom stereocenters. The van der Waals surface area contributed by atoms with E-state index in [1.807, 2.05) is 54.3 Å². The molecule has 0 spiro atoms. The Balaban J connectivity index is 1.63. The fourth-order valence-electron chi connectivity index (χ4n) is 4.16. The molecule has 5 rings (SSSR count). The summed E-state index contributed by atoms with van der Waals surface area (Å²) < 4.78 is 5.80. The van der Waals surface area contributed by atoms with Crippen molar-refractivity contribution >= 4 is 40.2 Å². The van der Waals surface area contributed by atoms with Crippen LogP contribution in [0.3, 0.4) is 0 Å². The van der Waals surface area contributed by atoms with E-state index in [2.05, 4.69) is 53.8 Å². The second-order valence-electron chi connectivity index (χ2n) is 8.08.